The lowest BCUT2D eigenvalue weighted by Gasteiger charge is -2.28. The van der Waals surface area contributed by atoms with Crippen molar-refractivity contribution in [2.45, 2.75) is 52.0 Å². The second kappa shape index (κ2) is 5.07. The van der Waals surface area contributed by atoms with Crippen molar-refractivity contribution in [1.29, 1.82) is 0 Å². The van der Waals surface area contributed by atoms with Gasteiger partial charge in [0.25, 0.3) is 0 Å². The van der Waals surface area contributed by atoms with Crippen LogP contribution in [0.3, 0.4) is 0 Å². The fourth-order valence-corrected chi connectivity index (χ4v) is 3.51. The van der Waals surface area contributed by atoms with Crippen molar-refractivity contribution < 1.29 is 4.79 Å². The highest BCUT2D eigenvalue weighted by Gasteiger charge is 2.42. The third-order valence-electron chi connectivity index (χ3n) is 4.33. The zero-order valence-electron chi connectivity index (χ0n) is 10.5. The molecule has 0 saturated heterocycles. The van der Waals surface area contributed by atoms with Gasteiger partial charge < -0.3 is 10.6 Å². The van der Waals surface area contributed by atoms with E-state index < -0.39 is 0 Å². The van der Waals surface area contributed by atoms with Crippen molar-refractivity contribution in [1.82, 2.24) is 10.6 Å². The maximum atomic E-state index is 11.6. The van der Waals surface area contributed by atoms with Crippen molar-refractivity contribution >= 4 is 6.03 Å². The van der Waals surface area contributed by atoms with Gasteiger partial charge in [0.2, 0.25) is 0 Å². The molecule has 0 aromatic heterocycles. The van der Waals surface area contributed by atoms with Gasteiger partial charge >= 0.3 is 6.03 Å². The Hall–Kier alpha value is -0.730. The van der Waals surface area contributed by atoms with E-state index in [2.05, 4.69) is 24.5 Å². The highest BCUT2D eigenvalue weighted by Crippen LogP contribution is 2.49. The van der Waals surface area contributed by atoms with Crippen molar-refractivity contribution in [2.24, 2.45) is 17.8 Å². The standard InChI is InChI=1S/C13H24N2O/c1-3-6-14-13(16)15-9(2)12-8-10-4-5-11(12)7-10/h9-12H,3-8H2,1-2H3,(H2,14,15,16). The summed E-state index contributed by atoms with van der Waals surface area (Å²) in [6.45, 7) is 5.01. The SMILES string of the molecule is CCCNC(=O)NC(C)C1CC2CCC1C2. The van der Waals surface area contributed by atoms with E-state index in [1.54, 1.807) is 0 Å². The molecule has 0 radical (unpaired) electrons. The Morgan fingerprint density at radius 2 is 2.19 bits per heavy atom. The van der Waals surface area contributed by atoms with Crippen LogP contribution in [-0.2, 0) is 0 Å². The molecule has 0 aromatic rings. The Balaban J connectivity index is 1.75. The molecule has 4 unspecified atom stereocenters. The summed E-state index contributed by atoms with van der Waals surface area (Å²) in [6, 6.07) is 0.351. The molecule has 2 N–H and O–H groups in total. The summed E-state index contributed by atoms with van der Waals surface area (Å²) in [6.07, 6.45) is 6.55. The first kappa shape index (κ1) is 11.7. The van der Waals surface area contributed by atoms with E-state index >= 15 is 0 Å². The molecule has 2 rings (SSSR count). The van der Waals surface area contributed by atoms with E-state index in [0.717, 1.165) is 30.7 Å². The van der Waals surface area contributed by atoms with Gasteiger partial charge in [-0.3, -0.25) is 0 Å². The second-order valence-corrected chi connectivity index (χ2v) is 5.53. The summed E-state index contributed by atoms with van der Waals surface area (Å²) in [5, 5.41) is 5.97. The number of rotatable bonds is 4. The minimum Gasteiger partial charge on any atom is -0.338 e. The van der Waals surface area contributed by atoms with E-state index in [1.165, 1.54) is 25.7 Å². The highest BCUT2D eigenvalue weighted by atomic mass is 16.2. The molecule has 2 aliphatic rings. The summed E-state index contributed by atoms with van der Waals surface area (Å²) in [5.41, 5.74) is 0. The van der Waals surface area contributed by atoms with E-state index in [4.69, 9.17) is 0 Å². The molecule has 4 atom stereocenters. The van der Waals surface area contributed by atoms with Gasteiger partial charge in [-0.25, -0.2) is 4.79 Å². The van der Waals surface area contributed by atoms with Crippen molar-refractivity contribution in [3.05, 3.63) is 0 Å². The van der Waals surface area contributed by atoms with Crippen LogP contribution < -0.4 is 10.6 Å². The van der Waals surface area contributed by atoms with Crippen LogP contribution in [0.5, 0.6) is 0 Å². The quantitative estimate of drug-likeness (QED) is 0.757. The topological polar surface area (TPSA) is 41.1 Å². The van der Waals surface area contributed by atoms with Crippen molar-refractivity contribution in [2.75, 3.05) is 6.54 Å². The van der Waals surface area contributed by atoms with E-state index in [1.807, 2.05) is 0 Å². The molecule has 3 nitrogen and oxygen atoms in total. The van der Waals surface area contributed by atoms with Gasteiger partial charge in [-0.1, -0.05) is 13.3 Å². The maximum absolute atomic E-state index is 11.6. The fourth-order valence-electron chi connectivity index (χ4n) is 3.51. The number of fused-ring (bicyclic) bond motifs is 2. The molecule has 16 heavy (non-hydrogen) atoms. The first-order chi connectivity index (χ1) is 7.70. The molecule has 92 valence electrons. The largest absolute Gasteiger partial charge is 0.338 e. The van der Waals surface area contributed by atoms with E-state index in [0.29, 0.717) is 6.04 Å². The number of carbonyl (C=O) groups is 1. The lowest BCUT2D eigenvalue weighted by atomic mass is 9.84. The predicted octanol–water partition coefficient (Wildman–Crippen LogP) is 2.52. The van der Waals surface area contributed by atoms with E-state index in [-0.39, 0.29) is 6.03 Å². The molecule has 0 heterocycles. The molecular weight excluding hydrogens is 200 g/mol. The molecule has 2 aliphatic carbocycles. The first-order valence-corrected chi connectivity index (χ1v) is 6.75. The lowest BCUT2D eigenvalue weighted by Crippen LogP contribution is -2.45. The molecule has 3 heteroatoms. The third-order valence-corrected chi connectivity index (χ3v) is 4.33. The Labute approximate surface area is 98.4 Å². The number of nitrogens with one attached hydrogen (secondary N) is 2. The molecule has 0 aromatic carbocycles. The van der Waals surface area contributed by atoms with Crippen LogP contribution in [0.2, 0.25) is 0 Å². The van der Waals surface area contributed by atoms with Crippen LogP contribution in [-0.4, -0.2) is 18.6 Å². The smallest absolute Gasteiger partial charge is 0.315 e. The van der Waals surface area contributed by atoms with Gasteiger partial charge in [-0.05, 0) is 50.4 Å². The summed E-state index contributed by atoms with van der Waals surface area (Å²) < 4.78 is 0. The minimum absolute atomic E-state index is 0.0112. The van der Waals surface area contributed by atoms with Gasteiger partial charge in [0.1, 0.15) is 0 Å². The molecule has 2 saturated carbocycles. The van der Waals surface area contributed by atoms with Gasteiger partial charge in [-0.2, -0.15) is 0 Å². The van der Waals surface area contributed by atoms with Gasteiger partial charge in [0.05, 0.1) is 0 Å². The Morgan fingerprint density at radius 3 is 2.75 bits per heavy atom. The van der Waals surface area contributed by atoms with Crippen LogP contribution in [0, 0.1) is 17.8 Å². The van der Waals surface area contributed by atoms with Gasteiger partial charge in [0.15, 0.2) is 0 Å². The first-order valence-electron chi connectivity index (χ1n) is 6.75. The average molecular weight is 224 g/mol. The lowest BCUT2D eigenvalue weighted by molar-refractivity contribution is 0.220. The summed E-state index contributed by atoms with van der Waals surface area (Å²) in [4.78, 5) is 11.6. The number of amides is 2. The van der Waals surface area contributed by atoms with Gasteiger partial charge in [0, 0.05) is 12.6 Å². The molecule has 2 amide bonds. The Kier molecular flexibility index (Phi) is 3.72. The Bertz CT molecular complexity index is 254. The van der Waals surface area contributed by atoms with Crippen LogP contribution >= 0.6 is 0 Å². The molecule has 2 bridgehead atoms. The minimum atomic E-state index is 0.0112. The number of carbonyl (C=O) groups excluding carboxylic acids is 1. The zero-order chi connectivity index (χ0) is 11.5. The molecule has 0 aliphatic heterocycles. The summed E-state index contributed by atoms with van der Waals surface area (Å²) in [5.74, 6) is 2.57. The normalized spacial score (nSPS) is 33.8. The monoisotopic (exact) mass is 224 g/mol. The van der Waals surface area contributed by atoms with Gasteiger partial charge in [-0.15, -0.1) is 0 Å². The van der Waals surface area contributed by atoms with Crippen LogP contribution in [0.4, 0.5) is 4.79 Å². The van der Waals surface area contributed by atoms with Crippen molar-refractivity contribution in [3.63, 3.8) is 0 Å². The summed E-state index contributed by atoms with van der Waals surface area (Å²) >= 11 is 0. The highest BCUT2D eigenvalue weighted by molar-refractivity contribution is 5.74. The summed E-state index contributed by atoms with van der Waals surface area (Å²) in [7, 11) is 0. The molecule has 2 fully saturated rings. The molecule has 0 spiro atoms. The van der Waals surface area contributed by atoms with Crippen LogP contribution in [0.15, 0.2) is 0 Å². The zero-order valence-corrected chi connectivity index (χ0v) is 10.5. The number of hydrogen-bond acceptors (Lipinski definition) is 1. The van der Waals surface area contributed by atoms with Crippen molar-refractivity contribution in [3.8, 4) is 0 Å². The fraction of sp³-hybridized carbons (Fsp3) is 0.923. The average Bonchev–Trinajstić information content (AvgIpc) is 2.87. The van der Waals surface area contributed by atoms with Crippen LogP contribution in [0.25, 0.3) is 0 Å². The Morgan fingerprint density at radius 1 is 1.38 bits per heavy atom. The number of hydrogen-bond donors (Lipinski definition) is 2. The number of urea groups is 1. The maximum Gasteiger partial charge on any atom is 0.315 e. The third kappa shape index (κ3) is 2.50. The molecular formula is C13H24N2O. The second-order valence-electron chi connectivity index (χ2n) is 5.53. The predicted molar refractivity (Wildman–Crippen MR) is 65.2 cm³/mol. The van der Waals surface area contributed by atoms with E-state index in [9.17, 15) is 4.79 Å². The van der Waals surface area contributed by atoms with Crippen LogP contribution in [0.1, 0.15) is 46.0 Å².